The summed E-state index contributed by atoms with van der Waals surface area (Å²) in [4.78, 5) is 14.5. The van der Waals surface area contributed by atoms with Crippen LogP contribution in [0.4, 0.5) is 5.69 Å². The van der Waals surface area contributed by atoms with Crippen molar-refractivity contribution >= 4 is 23.2 Å². The van der Waals surface area contributed by atoms with Crippen LogP contribution in [-0.4, -0.2) is 36.6 Å². The lowest BCUT2D eigenvalue weighted by atomic mass is 10.1. The summed E-state index contributed by atoms with van der Waals surface area (Å²) in [5.41, 5.74) is 3.64. The number of nitrogens with zero attached hydrogens (tertiary/aromatic N) is 1. The molecule has 6 heteroatoms. The van der Waals surface area contributed by atoms with Gasteiger partial charge in [-0.25, -0.2) is 0 Å². The number of carbonyl (C=O) groups is 1. The molecule has 2 rings (SSSR count). The highest BCUT2D eigenvalue weighted by Gasteiger charge is 2.26. The number of likely N-dealkylation sites (tertiary alicyclic amines) is 1. The molecule has 1 aliphatic rings. The minimum absolute atomic E-state index is 0.0600. The number of ether oxygens (including phenoxy) is 1. The van der Waals surface area contributed by atoms with E-state index in [0.717, 1.165) is 32.4 Å². The third-order valence-electron chi connectivity index (χ3n) is 3.59. The third-order valence-corrected chi connectivity index (χ3v) is 3.83. The predicted molar refractivity (Wildman–Crippen MR) is 84.4 cm³/mol. The molecule has 1 aromatic carbocycles. The van der Waals surface area contributed by atoms with Gasteiger partial charge in [-0.3, -0.25) is 10.6 Å². The van der Waals surface area contributed by atoms with E-state index in [1.165, 1.54) is 0 Å². The Hall–Kier alpha value is -1.30. The maximum absolute atomic E-state index is 12.7. The number of nitrogens with one attached hydrogen (secondary N) is 1. The maximum atomic E-state index is 12.7. The van der Waals surface area contributed by atoms with E-state index in [1.54, 1.807) is 18.2 Å². The van der Waals surface area contributed by atoms with E-state index >= 15 is 0 Å². The monoisotopic (exact) mass is 311 g/mol. The van der Waals surface area contributed by atoms with Gasteiger partial charge in [0.2, 0.25) is 0 Å². The molecule has 0 radical (unpaired) electrons. The largest absolute Gasteiger partial charge is 0.376 e. The summed E-state index contributed by atoms with van der Waals surface area (Å²) in [5.74, 6) is 5.41. The van der Waals surface area contributed by atoms with E-state index in [1.807, 2.05) is 4.90 Å². The molecular formula is C15H22ClN3O2. The fourth-order valence-electron chi connectivity index (χ4n) is 2.53. The van der Waals surface area contributed by atoms with Gasteiger partial charge in [-0.05, 0) is 37.5 Å². The molecular weight excluding hydrogens is 290 g/mol. The molecule has 1 aromatic rings. The van der Waals surface area contributed by atoms with E-state index in [-0.39, 0.29) is 12.0 Å². The zero-order valence-electron chi connectivity index (χ0n) is 12.3. The van der Waals surface area contributed by atoms with Gasteiger partial charge in [0.15, 0.2) is 0 Å². The number of nitrogens with two attached hydrogens (primary N) is 1. The highest BCUT2D eigenvalue weighted by molar-refractivity contribution is 6.31. The van der Waals surface area contributed by atoms with Gasteiger partial charge in [-0.1, -0.05) is 18.5 Å². The number of benzene rings is 1. The Morgan fingerprint density at radius 2 is 2.38 bits per heavy atom. The Kier molecular flexibility index (Phi) is 5.85. The Morgan fingerprint density at radius 1 is 1.57 bits per heavy atom. The number of amides is 1. The lowest BCUT2D eigenvalue weighted by molar-refractivity contribution is 0.00214. The molecule has 5 nitrogen and oxygen atoms in total. The van der Waals surface area contributed by atoms with Crippen LogP contribution in [0.3, 0.4) is 0 Å². The molecule has 1 unspecified atom stereocenters. The number of hydrogen-bond donors (Lipinski definition) is 2. The van der Waals surface area contributed by atoms with Crippen molar-refractivity contribution in [2.75, 3.05) is 25.1 Å². The molecule has 1 aliphatic heterocycles. The molecule has 0 spiro atoms. The van der Waals surface area contributed by atoms with Crippen molar-refractivity contribution in [3.05, 3.63) is 28.8 Å². The number of halogens is 1. The van der Waals surface area contributed by atoms with Crippen molar-refractivity contribution < 1.29 is 9.53 Å². The second-order valence-corrected chi connectivity index (χ2v) is 5.66. The van der Waals surface area contributed by atoms with Crippen LogP contribution in [0.5, 0.6) is 0 Å². The van der Waals surface area contributed by atoms with Crippen LogP contribution in [0.15, 0.2) is 18.2 Å². The first-order valence-electron chi connectivity index (χ1n) is 7.32. The van der Waals surface area contributed by atoms with E-state index < -0.39 is 0 Å². The van der Waals surface area contributed by atoms with Crippen molar-refractivity contribution in [2.24, 2.45) is 5.84 Å². The smallest absolute Gasteiger partial charge is 0.256 e. The molecule has 116 valence electrons. The summed E-state index contributed by atoms with van der Waals surface area (Å²) in [7, 11) is 0. The number of rotatable bonds is 5. The summed E-state index contributed by atoms with van der Waals surface area (Å²) in [6.45, 7) is 4.17. The van der Waals surface area contributed by atoms with Gasteiger partial charge < -0.3 is 15.1 Å². The molecule has 3 N–H and O–H groups in total. The molecule has 0 saturated carbocycles. The van der Waals surface area contributed by atoms with Crippen LogP contribution >= 0.6 is 11.6 Å². The minimum atomic E-state index is -0.0600. The normalized spacial score (nSPS) is 18.6. The van der Waals surface area contributed by atoms with Gasteiger partial charge in [0.25, 0.3) is 5.91 Å². The lowest BCUT2D eigenvalue weighted by Gasteiger charge is -2.33. The van der Waals surface area contributed by atoms with Gasteiger partial charge in [0.05, 0.1) is 17.4 Å². The van der Waals surface area contributed by atoms with E-state index in [2.05, 4.69) is 12.3 Å². The number of carbonyl (C=O) groups excluding carboxylic acids is 1. The molecule has 1 amide bonds. The number of nitrogen functional groups attached to an aromatic ring is 1. The average molecular weight is 312 g/mol. The summed E-state index contributed by atoms with van der Waals surface area (Å²) < 4.78 is 5.77. The Balaban J connectivity index is 2.10. The second kappa shape index (κ2) is 7.64. The SMILES string of the molecule is CCCOC1CCCN(C(=O)c2cc(Cl)ccc2NN)C1. The first-order chi connectivity index (χ1) is 10.2. The fraction of sp³-hybridized carbons (Fsp3) is 0.533. The number of anilines is 1. The van der Waals surface area contributed by atoms with E-state index in [9.17, 15) is 4.79 Å². The second-order valence-electron chi connectivity index (χ2n) is 5.22. The van der Waals surface area contributed by atoms with Gasteiger partial charge in [-0.15, -0.1) is 0 Å². The summed E-state index contributed by atoms with van der Waals surface area (Å²) in [5, 5.41) is 0.521. The van der Waals surface area contributed by atoms with Crippen LogP contribution < -0.4 is 11.3 Å². The van der Waals surface area contributed by atoms with Gasteiger partial charge in [-0.2, -0.15) is 0 Å². The fourth-order valence-corrected chi connectivity index (χ4v) is 2.70. The Labute approximate surface area is 130 Å². The van der Waals surface area contributed by atoms with Crippen molar-refractivity contribution in [1.29, 1.82) is 0 Å². The molecule has 0 bridgehead atoms. The zero-order chi connectivity index (χ0) is 15.2. The topological polar surface area (TPSA) is 67.6 Å². The zero-order valence-corrected chi connectivity index (χ0v) is 13.0. The van der Waals surface area contributed by atoms with Crippen molar-refractivity contribution in [1.82, 2.24) is 4.90 Å². The first kappa shape index (κ1) is 16.1. The Morgan fingerprint density at radius 3 is 3.10 bits per heavy atom. The quantitative estimate of drug-likeness (QED) is 0.648. The molecule has 1 atom stereocenters. The summed E-state index contributed by atoms with van der Waals surface area (Å²) in [6, 6.07) is 5.07. The minimum Gasteiger partial charge on any atom is -0.376 e. The van der Waals surface area contributed by atoms with Gasteiger partial charge in [0.1, 0.15) is 0 Å². The van der Waals surface area contributed by atoms with E-state index in [0.29, 0.717) is 22.8 Å². The maximum Gasteiger partial charge on any atom is 0.256 e. The first-order valence-corrected chi connectivity index (χ1v) is 7.70. The molecule has 1 heterocycles. The van der Waals surface area contributed by atoms with Gasteiger partial charge in [0, 0.05) is 24.7 Å². The lowest BCUT2D eigenvalue weighted by Crippen LogP contribution is -2.43. The van der Waals surface area contributed by atoms with Crippen LogP contribution in [0.1, 0.15) is 36.5 Å². The van der Waals surface area contributed by atoms with Crippen molar-refractivity contribution in [3.8, 4) is 0 Å². The standard InChI is InChI=1S/C15H22ClN3O2/c1-2-8-21-12-4-3-7-19(10-12)15(20)13-9-11(16)5-6-14(13)18-17/h5-6,9,12,18H,2-4,7-8,10,17H2,1H3. The number of piperidine rings is 1. The Bertz CT molecular complexity index is 496. The summed E-state index contributed by atoms with van der Waals surface area (Å²) in [6.07, 6.45) is 3.06. The van der Waals surface area contributed by atoms with Crippen LogP contribution in [0, 0.1) is 0 Å². The summed E-state index contributed by atoms with van der Waals surface area (Å²) >= 11 is 5.99. The highest BCUT2D eigenvalue weighted by atomic mass is 35.5. The number of hydrazine groups is 1. The van der Waals surface area contributed by atoms with Crippen LogP contribution in [0.2, 0.25) is 5.02 Å². The molecule has 1 fully saturated rings. The van der Waals surface area contributed by atoms with Crippen LogP contribution in [-0.2, 0) is 4.74 Å². The molecule has 0 aromatic heterocycles. The molecule has 21 heavy (non-hydrogen) atoms. The van der Waals surface area contributed by atoms with Gasteiger partial charge >= 0.3 is 0 Å². The third kappa shape index (κ3) is 4.09. The highest BCUT2D eigenvalue weighted by Crippen LogP contribution is 2.23. The van der Waals surface area contributed by atoms with E-state index in [4.69, 9.17) is 22.2 Å². The predicted octanol–water partition coefficient (Wildman–Crippen LogP) is 2.66. The molecule has 0 aliphatic carbocycles. The van der Waals surface area contributed by atoms with Crippen molar-refractivity contribution in [2.45, 2.75) is 32.3 Å². The average Bonchev–Trinajstić information content (AvgIpc) is 2.52. The van der Waals surface area contributed by atoms with Crippen molar-refractivity contribution in [3.63, 3.8) is 0 Å². The number of hydrogen-bond acceptors (Lipinski definition) is 4. The molecule has 1 saturated heterocycles. The van der Waals surface area contributed by atoms with Crippen LogP contribution in [0.25, 0.3) is 0 Å².